The molecule has 2 aromatic heterocycles. The Morgan fingerprint density at radius 2 is 2.20 bits per heavy atom. The molecule has 15 heavy (non-hydrogen) atoms. The Morgan fingerprint density at radius 1 is 1.47 bits per heavy atom. The molecular weight excluding hydrogens is 192 g/mol. The molecule has 0 saturated heterocycles. The second kappa shape index (κ2) is 3.84. The standard InChI is InChI=1S/C10H14N4O/c1-3-7(4-2)14-9-8(5-13-14)10(15)12-6-11-9/h5-7H,3-4H2,1-2H3,(H,11,12,15). The molecule has 5 heteroatoms. The number of H-pyrrole nitrogens is 1. The molecule has 0 aliphatic carbocycles. The highest BCUT2D eigenvalue weighted by Gasteiger charge is 2.13. The first kappa shape index (κ1) is 9.89. The van der Waals surface area contributed by atoms with Gasteiger partial charge in [-0.25, -0.2) is 9.67 Å². The lowest BCUT2D eigenvalue weighted by Gasteiger charge is -2.12. The van der Waals surface area contributed by atoms with Gasteiger partial charge in [0.1, 0.15) is 5.39 Å². The maximum absolute atomic E-state index is 11.4. The van der Waals surface area contributed by atoms with Crippen molar-refractivity contribution in [1.29, 1.82) is 0 Å². The third-order valence-corrected chi connectivity index (χ3v) is 2.68. The molecule has 0 atom stereocenters. The summed E-state index contributed by atoms with van der Waals surface area (Å²) in [4.78, 5) is 18.1. The van der Waals surface area contributed by atoms with Crippen LogP contribution in [0.4, 0.5) is 0 Å². The lowest BCUT2D eigenvalue weighted by Crippen LogP contribution is -2.11. The fraction of sp³-hybridized carbons (Fsp3) is 0.500. The number of rotatable bonds is 3. The topological polar surface area (TPSA) is 63.6 Å². The van der Waals surface area contributed by atoms with Gasteiger partial charge in [-0.3, -0.25) is 4.79 Å². The van der Waals surface area contributed by atoms with Gasteiger partial charge < -0.3 is 4.98 Å². The van der Waals surface area contributed by atoms with Gasteiger partial charge in [0.2, 0.25) is 0 Å². The van der Waals surface area contributed by atoms with Crippen LogP contribution < -0.4 is 5.56 Å². The lowest BCUT2D eigenvalue weighted by molar-refractivity contribution is 0.438. The van der Waals surface area contributed by atoms with E-state index in [-0.39, 0.29) is 5.56 Å². The molecule has 2 aromatic rings. The molecule has 0 amide bonds. The highest BCUT2D eigenvalue weighted by Crippen LogP contribution is 2.18. The van der Waals surface area contributed by atoms with E-state index in [2.05, 4.69) is 28.9 Å². The average molecular weight is 206 g/mol. The molecule has 2 heterocycles. The molecule has 2 rings (SSSR count). The zero-order valence-corrected chi connectivity index (χ0v) is 8.90. The van der Waals surface area contributed by atoms with Crippen LogP contribution >= 0.6 is 0 Å². The molecule has 0 fully saturated rings. The molecule has 0 aliphatic heterocycles. The quantitative estimate of drug-likeness (QED) is 0.827. The number of aromatic nitrogens is 4. The van der Waals surface area contributed by atoms with Crippen LogP contribution in [0.3, 0.4) is 0 Å². The summed E-state index contributed by atoms with van der Waals surface area (Å²) in [5.41, 5.74) is 0.546. The summed E-state index contributed by atoms with van der Waals surface area (Å²) in [5.74, 6) is 0. The number of fused-ring (bicyclic) bond motifs is 1. The highest BCUT2D eigenvalue weighted by molar-refractivity contribution is 5.72. The van der Waals surface area contributed by atoms with E-state index < -0.39 is 0 Å². The van der Waals surface area contributed by atoms with Crippen molar-refractivity contribution < 1.29 is 0 Å². The zero-order chi connectivity index (χ0) is 10.8. The molecule has 80 valence electrons. The minimum atomic E-state index is -0.128. The van der Waals surface area contributed by atoms with Gasteiger partial charge in [-0.15, -0.1) is 0 Å². The lowest BCUT2D eigenvalue weighted by atomic mass is 10.2. The first-order valence-electron chi connectivity index (χ1n) is 5.18. The van der Waals surface area contributed by atoms with Crippen LogP contribution in [0, 0.1) is 0 Å². The summed E-state index contributed by atoms with van der Waals surface area (Å²) in [6.07, 6.45) is 4.98. The van der Waals surface area contributed by atoms with Crippen LogP contribution in [0.5, 0.6) is 0 Å². The Kier molecular flexibility index (Phi) is 2.53. The molecule has 0 spiro atoms. The van der Waals surface area contributed by atoms with Crippen LogP contribution in [0.2, 0.25) is 0 Å². The van der Waals surface area contributed by atoms with Crippen LogP contribution in [0.1, 0.15) is 32.7 Å². The predicted molar refractivity (Wildman–Crippen MR) is 57.8 cm³/mol. The maximum Gasteiger partial charge on any atom is 0.261 e. The summed E-state index contributed by atoms with van der Waals surface area (Å²) in [5, 5.41) is 4.79. The summed E-state index contributed by atoms with van der Waals surface area (Å²) in [6.45, 7) is 4.21. The first-order chi connectivity index (χ1) is 7.27. The third-order valence-electron chi connectivity index (χ3n) is 2.68. The number of hydrogen-bond acceptors (Lipinski definition) is 3. The predicted octanol–water partition coefficient (Wildman–Crippen LogP) is 1.48. The van der Waals surface area contributed by atoms with Gasteiger partial charge in [0.15, 0.2) is 5.65 Å². The third kappa shape index (κ3) is 1.54. The van der Waals surface area contributed by atoms with Crippen molar-refractivity contribution in [2.45, 2.75) is 32.7 Å². The Bertz CT molecular complexity index is 509. The molecular formula is C10H14N4O. The van der Waals surface area contributed by atoms with Gasteiger partial charge in [-0.2, -0.15) is 5.10 Å². The van der Waals surface area contributed by atoms with Gasteiger partial charge in [0.05, 0.1) is 18.6 Å². The van der Waals surface area contributed by atoms with E-state index in [0.717, 1.165) is 12.8 Å². The van der Waals surface area contributed by atoms with Gasteiger partial charge >= 0.3 is 0 Å². The molecule has 1 N–H and O–H groups in total. The highest BCUT2D eigenvalue weighted by atomic mass is 16.1. The van der Waals surface area contributed by atoms with E-state index in [4.69, 9.17) is 0 Å². The Labute approximate surface area is 87.1 Å². The molecule has 5 nitrogen and oxygen atoms in total. The fourth-order valence-electron chi connectivity index (χ4n) is 1.78. The average Bonchev–Trinajstić information content (AvgIpc) is 2.66. The summed E-state index contributed by atoms with van der Waals surface area (Å²) < 4.78 is 1.84. The van der Waals surface area contributed by atoms with Gasteiger partial charge in [-0.05, 0) is 12.8 Å². The van der Waals surface area contributed by atoms with E-state index in [9.17, 15) is 4.79 Å². The molecule has 0 unspecified atom stereocenters. The van der Waals surface area contributed by atoms with Crippen LogP contribution in [0.15, 0.2) is 17.3 Å². The normalized spacial score (nSPS) is 11.4. The SMILES string of the molecule is CCC(CC)n1ncc2c(=O)[nH]cnc21. The monoisotopic (exact) mass is 206 g/mol. The second-order valence-corrected chi connectivity index (χ2v) is 3.53. The van der Waals surface area contributed by atoms with Crippen LogP contribution in [0.25, 0.3) is 11.0 Å². The van der Waals surface area contributed by atoms with E-state index in [0.29, 0.717) is 17.1 Å². The van der Waals surface area contributed by atoms with Gasteiger partial charge in [0.25, 0.3) is 5.56 Å². The van der Waals surface area contributed by atoms with Crippen molar-refractivity contribution in [2.24, 2.45) is 0 Å². The van der Waals surface area contributed by atoms with Crippen molar-refractivity contribution in [3.05, 3.63) is 22.9 Å². The maximum atomic E-state index is 11.4. The van der Waals surface area contributed by atoms with Crippen molar-refractivity contribution in [1.82, 2.24) is 19.7 Å². The number of nitrogens with one attached hydrogen (secondary N) is 1. The molecule has 0 radical (unpaired) electrons. The summed E-state index contributed by atoms with van der Waals surface area (Å²) >= 11 is 0. The van der Waals surface area contributed by atoms with Crippen molar-refractivity contribution >= 4 is 11.0 Å². The number of hydrogen-bond donors (Lipinski definition) is 1. The summed E-state index contributed by atoms with van der Waals surface area (Å²) in [6, 6.07) is 0.316. The van der Waals surface area contributed by atoms with E-state index in [1.165, 1.54) is 6.33 Å². The minimum absolute atomic E-state index is 0.128. The smallest absolute Gasteiger partial charge is 0.261 e. The van der Waals surface area contributed by atoms with Crippen LogP contribution in [-0.2, 0) is 0 Å². The largest absolute Gasteiger partial charge is 0.312 e. The van der Waals surface area contributed by atoms with Gasteiger partial charge in [0, 0.05) is 0 Å². The van der Waals surface area contributed by atoms with E-state index in [1.54, 1.807) is 6.20 Å². The molecule has 0 bridgehead atoms. The van der Waals surface area contributed by atoms with Crippen molar-refractivity contribution in [2.75, 3.05) is 0 Å². The van der Waals surface area contributed by atoms with E-state index >= 15 is 0 Å². The Balaban J connectivity index is 2.63. The second-order valence-electron chi connectivity index (χ2n) is 3.53. The van der Waals surface area contributed by atoms with Crippen LogP contribution in [-0.4, -0.2) is 19.7 Å². The number of nitrogens with zero attached hydrogens (tertiary/aromatic N) is 3. The minimum Gasteiger partial charge on any atom is -0.312 e. The Hall–Kier alpha value is -1.65. The van der Waals surface area contributed by atoms with Gasteiger partial charge in [-0.1, -0.05) is 13.8 Å². The van der Waals surface area contributed by atoms with E-state index in [1.807, 2.05) is 4.68 Å². The number of aromatic amines is 1. The zero-order valence-electron chi connectivity index (χ0n) is 8.90. The Morgan fingerprint density at radius 3 is 2.87 bits per heavy atom. The molecule has 0 aliphatic rings. The van der Waals surface area contributed by atoms with Crippen molar-refractivity contribution in [3.63, 3.8) is 0 Å². The van der Waals surface area contributed by atoms with Crippen molar-refractivity contribution in [3.8, 4) is 0 Å². The first-order valence-corrected chi connectivity index (χ1v) is 5.18. The summed E-state index contributed by atoms with van der Waals surface area (Å²) in [7, 11) is 0. The molecule has 0 aromatic carbocycles. The fourth-order valence-corrected chi connectivity index (χ4v) is 1.78. The molecule has 0 saturated carbocycles.